The van der Waals surface area contributed by atoms with Crippen molar-refractivity contribution in [2.24, 2.45) is 0 Å². The smallest absolute Gasteiger partial charge is 0.233 e. The number of rotatable bonds is 4. The first-order chi connectivity index (χ1) is 10.4. The largest absolute Gasteiger partial charge is 0.326 e. The Kier molecular flexibility index (Phi) is 4.83. The van der Waals surface area contributed by atoms with Gasteiger partial charge in [-0.1, -0.05) is 12.1 Å². The average molecular weight is 304 g/mol. The second-order valence-electron chi connectivity index (χ2n) is 4.77. The molecule has 0 unspecified atom stereocenters. The molecule has 0 fully saturated rings. The fraction of sp³-hybridized carbons (Fsp3) is 0.125. The predicted molar refractivity (Wildman–Crippen MR) is 79.4 cm³/mol. The third-order valence-electron chi connectivity index (χ3n) is 2.83. The Labute approximate surface area is 126 Å². The summed E-state index contributed by atoms with van der Waals surface area (Å²) >= 11 is 0. The highest BCUT2D eigenvalue weighted by atomic mass is 19.2. The van der Waals surface area contributed by atoms with Crippen molar-refractivity contribution in [1.82, 2.24) is 0 Å². The minimum atomic E-state index is -1.07. The fourth-order valence-electron chi connectivity index (χ4n) is 1.85. The SMILES string of the molecule is Cc1cccc(NC(=O)CC(=O)Nc2ccc(F)c(F)c2)c1. The van der Waals surface area contributed by atoms with Crippen LogP contribution < -0.4 is 10.6 Å². The van der Waals surface area contributed by atoms with Crippen molar-refractivity contribution in [3.8, 4) is 0 Å². The summed E-state index contributed by atoms with van der Waals surface area (Å²) in [6.45, 7) is 1.88. The molecule has 0 saturated heterocycles. The van der Waals surface area contributed by atoms with Crippen molar-refractivity contribution in [1.29, 1.82) is 0 Å². The van der Waals surface area contributed by atoms with Gasteiger partial charge in [0.25, 0.3) is 0 Å². The number of amides is 2. The summed E-state index contributed by atoms with van der Waals surface area (Å²) in [5.41, 5.74) is 1.65. The molecule has 4 nitrogen and oxygen atoms in total. The van der Waals surface area contributed by atoms with Crippen LogP contribution in [0.3, 0.4) is 0 Å². The standard InChI is InChI=1S/C16H14F2N2O2/c1-10-3-2-4-11(7-10)19-15(21)9-16(22)20-12-5-6-13(17)14(18)8-12/h2-8H,9H2,1H3,(H,19,21)(H,20,22). The summed E-state index contributed by atoms with van der Waals surface area (Å²) in [4.78, 5) is 23.4. The molecule has 2 aromatic rings. The number of carbonyl (C=O) groups is 2. The Morgan fingerprint density at radius 2 is 1.55 bits per heavy atom. The molecule has 2 amide bonds. The van der Waals surface area contributed by atoms with Crippen LogP contribution in [0.15, 0.2) is 42.5 Å². The zero-order valence-electron chi connectivity index (χ0n) is 11.8. The van der Waals surface area contributed by atoms with Gasteiger partial charge in [-0.05, 0) is 36.8 Å². The summed E-state index contributed by atoms with van der Waals surface area (Å²) in [6, 6.07) is 10.1. The molecule has 0 heterocycles. The number of benzene rings is 2. The first-order valence-corrected chi connectivity index (χ1v) is 6.55. The van der Waals surface area contributed by atoms with Gasteiger partial charge in [0.15, 0.2) is 11.6 Å². The molecular weight excluding hydrogens is 290 g/mol. The normalized spacial score (nSPS) is 10.1. The van der Waals surface area contributed by atoms with Crippen LogP contribution in [0.2, 0.25) is 0 Å². The van der Waals surface area contributed by atoms with Crippen molar-refractivity contribution in [2.75, 3.05) is 10.6 Å². The van der Waals surface area contributed by atoms with Gasteiger partial charge in [-0.3, -0.25) is 9.59 Å². The molecule has 0 spiro atoms. The van der Waals surface area contributed by atoms with Gasteiger partial charge in [0.2, 0.25) is 11.8 Å². The van der Waals surface area contributed by atoms with Gasteiger partial charge in [-0.2, -0.15) is 0 Å². The van der Waals surface area contributed by atoms with E-state index in [-0.39, 0.29) is 5.69 Å². The van der Waals surface area contributed by atoms with Crippen molar-refractivity contribution < 1.29 is 18.4 Å². The molecule has 2 aromatic carbocycles. The van der Waals surface area contributed by atoms with Gasteiger partial charge in [0, 0.05) is 17.4 Å². The van der Waals surface area contributed by atoms with Crippen LogP contribution in [-0.4, -0.2) is 11.8 Å². The Morgan fingerprint density at radius 1 is 0.909 bits per heavy atom. The second kappa shape index (κ2) is 6.80. The Morgan fingerprint density at radius 3 is 2.14 bits per heavy atom. The monoisotopic (exact) mass is 304 g/mol. The number of carbonyl (C=O) groups excluding carboxylic acids is 2. The third-order valence-corrected chi connectivity index (χ3v) is 2.83. The summed E-state index contributed by atoms with van der Waals surface area (Å²) in [5.74, 6) is -3.18. The second-order valence-corrected chi connectivity index (χ2v) is 4.77. The van der Waals surface area contributed by atoms with Gasteiger partial charge in [-0.25, -0.2) is 8.78 Å². The maximum absolute atomic E-state index is 13.0. The molecule has 0 aliphatic heterocycles. The number of hydrogen-bond donors (Lipinski definition) is 2. The molecule has 2 rings (SSSR count). The summed E-state index contributed by atoms with van der Waals surface area (Å²) in [6.07, 6.45) is -0.424. The lowest BCUT2D eigenvalue weighted by atomic mass is 10.2. The van der Waals surface area contributed by atoms with Gasteiger partial charge in [0.05, 0.1) is 0 Å². The number of aryl methyl sites for hydroxylation is 1. The molecule has 0 atom stereocenters. The Balaban J connectivity index is 1.91. The van der Waals surface area contributed by atoms with Crippen LogP contribution in [0.25, 0.3) is 0 Å². The number of anilines is 2. The van der Waals surface area contributed by atoms with Crippen LogP contribution in [0, 0.1) is 18.6 Å². The van der Waals surface area contributed by atoms with E-state index in [0.29, 0.717) is 5.69 Å². The lowest BCUT2D eigenvalue weighted by Crippen LogP contribution is -2.21. The quantitative estimate of drug-likeness (QED) is 0.852. The Hall–Kier alpha value is -2.76. The maximum atomic E-state index is 13.0. The van der Waals surface area contributed by atoms with Crippen molar-refractivity contribution >= 4 is 23.2 Å². The molecule has 6 heteroatoms. The van der Waals surface area contributed by atoms with E-state index in [1.807, 2.05) is 13.0 Å². The van der Waals surface area contributed by atoms with E-state index in [1.165, 1.54) is 6.07 Å². The third kappa shape index (κ3) is 4.37. The lowest BCUT2D eigenvalue weighted by molar-refractivity contribution is -0.123. The Bertz CT molecular complexity index is 717. The first-order valence-electron chi connectivity index (χ1n) is 6.55. The lowest BCUT2D eigenvalue weighted by Gasteiger charge is -2.07. The molecule has 22 heavy (non-hydrogen) atoms. The van der Waals surface area contributed by atoms with Crippen LogP contribution in [0.4, 0.5) is 20.2 Å². The van der Waals surface area contributed by atoms with E-state index in [9.17, 15) is 18.4 Å². The highest BCUT2D eigenvalue weighted by molar-refractivity contribution is 6.08. The van der Waals surface area contributed by atoms with E-state index in [2.05, 4.69) is 10.6 Å². The summed E-state index contributed by atoms with van der Waals surface area (Å²) in [5, 5.41) is 4.92. The van der Waals surface area contributed by atoms with E-state index < -0.39 is 29.9 Å². The fourth-order valence-corrected chi connectivity index (χ4v) is 1.85. The molecule has 0 radical (unpaired) electrons. The predicted octanol–water partition coefficient (Wildman–Crippen LogP) is 3.24. The maximum Gasteiger partial charge on any atom is 0.233 e. The van der Waals surface area contributed by atoms with Crippen LogP contribution >= 0.6 is 0 Å². The molecular formula is C16H14F2N2O2. The van der Waals surface area contributed by atoms with E-state index in [4.69, 9.17) is 0 Å². The van der Waals surface area contributed by atoms with Gasteiger partial charge in [-0.15, -0.1) is 0 Å². The van der Waals surface area contributed by atoms with Crippen molar-refractivity contribution in [3.05, 3.63) is 59.7 Å². The number of nitrogens with one attached hydrogen (secondary N) is 2. The zero-order chi connectivity index (χ0) is 16.1. The number of hydrogen-bond acceptors (Lipinski definition) is 2. The highest BCUT2D eigenvalue weighted by Crippen LogP contribution is 2.14. The molecule has 0 aromatic heterocycles. The molecule has 114 valence electrons. The van der Waals surface area contributed by atoms with Crippen LogP contribution in [-0.2, 0) is 9.59 Å². The van der Waals surface area contributed by atoms with Gasteiger partial charge in [0.1, 0.15) is 6.42 Å². The molecule has 0 aliphatic rings. The topological polar surface area (TPSA) is 58.2 Å². The first kappa shape index (κ1) is 15.6. The van der Waals surface area contributed by atoms with Gasteiger partial charge < -0.3 is 10.6 Å². The minimum Gasteiger partial charge on any atom is -0.326 e. The van der Waals surface area contributed by atoms with Crippen LogP contribution in [0.5, 0.6) is 0 Å². The van der Waals surface area contributed by atoms with Gasteiger partial charge >= 0.3 is 0 Å². The molecule has 2 N–H and O–H groups in total. The van der Waals surface area contributed by atoms with E-state index in [0.717, 1.165) is 17.7 Å². The van der Waals surface area contributed by atoms with Crippen molar-refractivity contribution in [3.63, 3.8) is 0 Å². The van der Waals surface area contributed by atoms with Crippen LogP contribution in [0.1, 0.15) is 12.0 Å². The summed E-state index contributed by atoms with van der Waals surface area (Å²) < 4.78 is 25.8. The molecule has 0 saturated carbocycles. The average Bonchev–Trinajstić information content (AvgIpc) is 2.42. The van der Waals surface area contributed by atoms with Crippen molar-refractivity contribution in [2.45, 2.75) is 13.3 Å². The van der Waals surface area contributed by atoms with E-state index in [1.54, 1.807) is 18.2 Å². The zero-order valence-corrected chi connectivity index (χ0v) is 11.8. The minimum absolute atomic E-state index is 0.0901. The molecule has 0 bridgehead atoms. The van der Waals surface area contributed by atoms with E-state index >= 15 is 0 Å². The highest BCUT2D eigenvalue weighted by Gasteiger charge is 2.11. The number of halogens is 2. The molecule has 0 aliphatic carbocycles. The summed E-state index contributed by atoms with van der Waals surface area (Å²) in [7, 11) is 0.